The maximum Gasteiger partial charge on any atom is 0.254 e. The van der Waals surface area contributed by atoms with E-state index in [2.05, 4.69) is 35.9 Å². The van der Waals surface area contributed by atoms with Gasteiger partial charge in [-0.25, -0.2) is 0 Å². The van der Waals surface area contributed by atoms with Crippen LogP contribution in [0.25, 0.3) is 0 Å². The van der Waals surface area contributed by atoms with E-state index in [9.17, 15) is 4.79 Å². The quantitative estimate of drug-likeness (QED) is 0.181. The summed E-state index contributed by atoms with van der Waals surface area (Å²) in [5.74, 6) is 0.800. The summed E-state index contributed by atoms with van der Waals surface area (Å²) in [5, 5.41) is 2.63. The number of hydrogen-bond donors (Lipinski definition) is 1. The number of benzene rings is 2. The molecule has 1 aliphatic heterocycles. The topological polar surface area (TPSA) is 60.0 Å². The summed E-state index contributed by atoms with van der Waals surface area (Å²) in [6.45, 7) is 18.0. The number of aryl methyl sites for hydroxylation is 2. The predicted octanol–water partition coefficient (Wildman–Crippen LogP) is 7.35. The van der Waals surface area contributed by atoms with Crippen LogP contribution in [-0.2, 0) is 10.6 Å². The Morgan fingerprint density at radius 1 is 1.05 bits per heavy atom. The average Bonchev–Trinajstić information content (AvgIpc) is 3.49. The summed E-state index contributed by atoms with van der Waals surface area (Å²) >= 11 is 1.38. The van der Waals surface area contributed by atoms with Crippen molar-refractivity contribution in [1.82, 2.24) is 10.2 Å². The lowest BCUT2D eigenvalue weighted by Gasteiger charge is -2.14. The molecular weight excluding hydrogens is 496 g/mol. The molecule has 0 spiro atoms. The van der Waals surface area contributed by atoms with Crippen LogP contribution in [0.15, 0.2) is 53.9 Å². The van der Waals surface area contributed by atoms with Crippen LogP contribution in [-0.4, -0.2) is 58.3 Å². The monoisotopic (exact) mass is 546 g/mol. The van der Waals surface area contributed by atoms with Gasteiger partial charge in [0, 0.05) is 30.5 Å². The first-order valence-electron chi connectivity index (χ1n) is 13.7. The third-order valence-electron chi connectivity index (χ3n) is 5.47. The first-order chi connectivity index (χ1) is 18.5. The van der Waals surface area contributed by atoms with Gasteiger partial charge in [-0.15, -0.1) is 6.58 Å². The molecule has 214 valence electrons. The molecular formula is C31H50N2O4S. The molecule has 3 rings (SSSR count). The third-order valence-corrected chi connectivity index (χ3v) is 6.21. The first kappa shape index (κ1) is 35.5. The summed E-state index contributed by atoms with van der Waals surface area (Å²) in [5.41, 5.74) is 2.71. The van der Waals surface area contributed by atoms with Gasteiger partial charge in [-0.1, -0.05) is 51.5 Å². The van der Waals surface area contributed by atoms with Crippen molar-refractivity contribution in [3.8, 4) is 11.5 Å². The number of ether oxygens (including phenoxy) is 2. The number of rotatable bonds is 11. The average molecular weight is 547 g/mol. The second-order valence-corrected chi connectivity index (χ2v) is 8.95. The zero-order valence-electron chi connectivity index (χ0n) is 24.9. The maximum absolute atomic E-state index is 12.1. The van der Waals surface area contributed by atoms with E-state index in [4.69, 9.17) is 13.7 Å². The van der Waals surface area contributed by atoms with E-state index in [-0.39, 0.29) is 5.91 Å². The van der Waals surface area contributed by atoms with E-state index in [0.29, 0.717) is 23.7 Å². The van der Waals surface area contributed by atoms with Crippen LogP contribution in [0.3, 0.4) is 0 Å². The third kappa shape index (κ3) is 13.4. The summed E-state index contributed by atoms with van der Waals surface area (Å²) < 4.78 is 16.4. The number of nitrogens with one attached hydrogen (secondary N) is 1. The number of nitrogens with zero attached hydrogens (tertiary/aromatic N) is 1. The molecule has 1 aliphatic rings. The molecule has 38 heavy (non-hydrogen) atoms. The Labute approximate surface area is 236 Å². The summed E-state index contributed by atoms with van der Waals surface area (Å²) in [7, 11) is 4.69. The van der Waals surface area contributed by atoms with Gasteiger partial charge in [0.05, 0.1) is 26.4 Å². The fourth-order valence-electron chi connectivity index (χ4n) is 3.66. The van der Waals surface area contributed by atoms with Gasteiger partial charge in [0.15, 0.2) is 11.5 Å². The number of likely N-dealkylation sites (tertiary alicyclic amines) is 1. The molecule has 0 aromatic heterocycles. The molecule has 0 bridgehead atoms. The standard InChI is InChI=1S/C20H25NO4S.C7H13N.2C2H6/c1-14-7-9-16(10-8-14)26-25-11-5-6-15-12-17(20(22)21-2)19(24-4)18(13-15)23-3;1-2-5-8-6-3-4-7-8;2*1-2/h7-10,12-13H,5-6,11H2,1-4H3,(H,21,22);2H,1,3-7H2;2*1-2H3. The van der Waals surface area contributed by atoms with Gasteiger partial charge < -0.3 is 19.0 Å². The van der Waals surface area contributed by atoms with Crippen molar-refractivity contribution in [3.63, 3.8) is 0 Å². The SMILES string of the molecule is C=CCN1CCCC1.CC.CC.CNC(=O)c1cc(CCCOSc2ccc(C)cc2)cc(OC)c1OC. The highest BCUT2D eigenvalue weighted by molar-refractivity contribution is 7.94. The number of amides is 1. The molecule has 0 radical (unpaired) electrons. The van der Waals surface area contributed by atoms with Gasteiger partial charge in [0.2, 0.25) is 0 Å². The van der Waals surface area contributed by atoms with Crippen LogP contribution in [0.2, 0.25) is 0 Å². The molecule has 0 aliphatic carbocycles. The van der Waals surface area contributed by atoms with E-state index in [1.807, 2.05) is 58.0 Å². The van der Waals surface area contributed by atoms with Crippen molar-refractivity contribution >= 4 is 17.9 Å². The van der Waals surface area contributed by atoms with Gasteiger partial charge >= 0.3 is 0 Å². The number of carbonyl (C=O) groups excluding carboxylic acids is 1. The molecule has 1 heterocycles. The van der Waals surface area contributed by atoms with Gasteiger partial charge in [0.1, 0.15) is 0 Å². The van der Waals surface area contributed by atoms with Gasteiger partial charge in [-0.05, 0) is 75.5 Å². The van der Waals surface area contributed by atoms with Gasteiger partial charge in [0.25, 0.3) is 5.91 Å². The Bertz CT molecular complexity index is 897. The van der Waals surface area contributed by atoms with E-state index in [0.717, 1.165) is 29.8 Å². The zero-order valence-corrected chi connectivity index (χ0v) is 25.7. The summed E-state index contributed by atoms with van der Waals surface area (Å²) in [4.78, 5) is 15.6. The fourth-order valence-corrected chi connectivity index (χ4v) is 4.24. The minimum absolute atomic E-state index is 0.201. The lowest BCUT2D eigenvalue weighted by Crippen LogP contribution is -2.19. The molecule has 7 heteroatoms. The van der Waals surface area contributed by atoms with Crippen molar-refractivity contribution in [3.05, 3.63) is 65.7 Å². The molecule has 2 aromatic rings. The molecule has 1 saturated heterocycles. The highest BCUT2D eigenvalue weighted by atomic mass is 32.2. The van der Waals surface area contributed by atoms with Crippen LogP contribution in [0.1, 0.15) is 68.4 Å². The Balaban J connectivity index is 0.000000952. The van der Waals surface area contributed by atoms with Crippen molar-refractivity contribution < 1.29 is 18.5 Å². The van der Waals surface area contributed by atoms with Crippen LogP contribution >= 0.6 is 12.0 Å². The number of hydrogen-bond acceptors (Lipinski definition) is 6. The first-order valence-corrected chi connectivity index (χ1v) is 14.4. The van der Waals surface area contributed by atoms with E-state index < -0.39 is 0 Å². The highest BCUT2D eigenvalue weighted by Gasteiger charge is 2.17. The molecule has 2 aromatic carbocycles. The van der Waals surface area contributed by atoms with Gasteiger partial charge in [-0.2, -0.15) is 0 Å². The van der Waals surface area contributed by atoms with E-state index >= 15 is 0 Å². The Hall–Kier alpha value is -2.48. The van der Waals surface area contributed by atoms with E-state index in [1.54, 1.807) is 14.2 Å². The summed E-state index contributed by atoms with van der Waals surface area (Å²) in [6, 6.07) is 12.0. The van der Waals surface area contributed by atoms with Crippen molar-refractivity contribution in [2.75, 3.05) is 47.5 Å². The molecule has 0 unspecified atom stereocenters. The fraction of sp³-hybridized carbons (Fsp3) is 0.516. The van der Waals surface area contributed by atoms with Crippen LogP contribution in [0, 0.1) is 6.92 Å². The second-order valence-electron chi connectivity index (χ2n) is 8.08. The predicted molar refractivity (Wildman–Crippen MR) is 163 cm³/mol. The largest absolute Gasteiger partial charge is 0.493 e. The Kier molecular flexibility index (Phi) is 21.0. The lowest BCUT2D eigenvalue weighted by molar-refractivity contribution is 0.0959. The molecule has 1 fully saturated rings. The highest BCUT2D eigenvalue weighted by Crippen LogP contribution is 2.33. The number of carbonyl (C=O) groups is 1. The van der Waals surface area contributed by atoms with Crippen LogP contribution in [0.4, 0.5) is 0 Å². The normalized spacial score (nSPS) is 12.0. The minimum Gasteiger partial charge on any atom is -0.493 e. The number of methoxy groups -OCH3 is 2. The zero-order chi connectivity index (χ0) is 28.8. The van der Waals surface area contributed by atoms with Crippen LogP contribution < -0.4 is 14.8 Å². The molecule has 0 saturated carbocycles. The smallest absolute Gasteiger partial charge is 0.254 e. The second kappa shape index (κ2) is 22.5. The molecule has 1 N–H and O–H groups in total. The molecule has 1 amide bonds. The molecule has 0 atom stereocenters. The molecule has 6 nitrogen and oxygen atoms in total. The summed E-state index contributed by atoms with van der Waals surface area (Å²) in [6.07, 6.45) is 6.35. The van der Waals surface area contributed by atoms with Crippen molar-refractivity contribution in [2.24, 2.45) is 0 Å². The van der Waals surface area contributed by atoms with Crippen molar-refractivity contribution in [2.45, 2.75) is 65.2 Å². The Morgan fingerprint density at radius 2 is 1.68 bits per heavy atom. The lowest BCUT2D eigenvalue weighted by atomic mass is 10.0. The maximum atomic E-state index is 12.1. The van der Waals surface area contributed by atoms with E-state index in [1.165, 1.54) is 50.6 Å². The van der Waals surface area contributed by atoms with Crippen LogP contribution in [0.5, 0.6) is 11.5 Å². The van der Waals surface area contributed by atoms with Gasteiger partial charge in [-0.3, -0.25) is 9.69 Å². The van der Waals surface area contributed by atoms with Crippen molar-refractivity contribution in [1.29, 1.82) is 0 Å². The Morgan fingerprint density at radius 3 is 2.21 bits per heavy atom. The minimum atomic E-state index is -0.201.